The number of methoxy groups -OCH3 is 1. The van der Waals surface area contributed by atoms with E-state index in [-0.39, 0.29) is 0 Å². The highest BCUT2D eigenvalue weighted by molar-refractivity contribution is 5.75. The van der Waals surface area contributed by atoms with Crippen LogP contribution in [0.5, 0.6) is 5.88 Å². The van der Waals surface area contributed by atoms with Gasteiger partial charge in [0.1, 0.15) is 6.04 Å². The van der Waals surface area contributed by atoms with E-state index < -0.39 is 12.0 Å². The van der Waals surface area contributed by atoms with E-state index in [4.69, 9.17) is 9.84 Å². The first kappa shape index (κ1) is 11.6. The minimum atomic E-state index is -0.937. The molecule has 0 saturated carbocycles. The summed E-state index contributed by atoms with van der Waals surface area (Å²) in [5, 5.41) is 11.6. The number of aryl methyl sites for hydroxylation is 1. The van der Waals surface area contributed by atoms with Crippen LogP contribution in [0.1, 0.15) is 24.6 Å². The van der Waals surface area contributed by atoms with Crippen LogP contribution < -0.4 is 10.1 Å². The van der Waals surface area contributed by atoms with Gasteiger partial charge in [0.05, 0.1) is 12.8 Å². The van der Waals surface area contributed by atoms with Gasteiger partial charge in [-0.25, -0.2) is 4.98 Å². The predicted octanol–water partition coefficient (Wildman–Crippen LogP) is 0.859. The number of carboxylic acids is 1. The Hall–Kier alpha value is -1.85. The summed E-state index contributed by atoms with van der Waals surface area (Å²) in [4.78, 5) is 19.2. The van der Waals surface area contributed by atoms with Crippen LogP contribution in [0.2, 0.25) is 0 Å². The summed E-state index contributed by atoms with van der Waals surface area (Å²) in [6.07, 6.45) is 2.86. The number of rotatable bonds is 4. The number of aliphatic carboxylic acids is 1. The molecule has 0 bridgehead atoms. The van der Waals surface area contributed by atoms with E-state index in [1.54, 1.807) is 14.0 Å². The first-order valence-electron chi connectivity index (χ1n) is 5.55. The zero-order chi connectivity index (χ0) is 12.4. The Kier molecular flexibility index (Phi) is 3.12. The van der Waals surface area contributed by atoms with Gasteiger partial charge in [-0.3, -0.25) is 4.79 Å². The lowest BCUT2D eigenvalue weighted by atomic mass is 10.2. The van der Waals surface area contributed by atoms with Crippen molar-refractivity contribution >= 4 is 11.9 Å². The molecule has 0 amide bonds. The number of ether oxygens (including phenoxy) is 1. The second kappa shape index (κ2) is 4.57. The van der Waals surface area contributed by atoms with Crippen LogP contribution in [0, 0.1) is 0 Å². The maximum atomic E-state index is 10.7. The van der Waals surface area contributed by atoms with Gasteiger partial charge in [0, 0.05) is 5.56 Å². The number of carbonyl (C=O) groups is 1. The van der Waals surface area contributed by atoms with Crippen molar-refractivity contribution in [3.05, 3.63) is 11.3 Å². The highest BCUT2D eigenvalue weighted by atomic mass is 16.5. The molecule has 0 spiro atoms. The van der Waals surface area contributed by atoms with Gasteiger partial charge < -0.3 is 15.2 Å². The molecular formula is C11H15N3O3. The Balaban J connectivity index is 2.27. The number of nitrogens with one attached hydrogen (secondary N) is 1. The number of hydrogen-bond acceptors (Lipinski definition) is 5. The van der Waals surface area contributed by atoms with Crippen molar-refractivity contribution < 1.29 is 14.6 Å². The van der Waals surface area contributed by atoms with Gasteiger partial charge >= 0.3 is 5.97 Å². The third-order valence-corrected chi connectivity index (χ3v) is 2.80. The highest BCUT2D eigenvalue weighted by Gasteiger charge is 2.21. The molecule has 2 rings (SSSR count). The summed E-state index contributed by atoms with van der Waals surface area (Å²) in [6, 6.07) is -0.723. The van der Waals surface area contributed by atoms with Crippen LogP contribution in [0.25, 0.3) is 0 Å². The van der Waals surface area contributed by atoms with Crippen LogP contribution in [-0.2, 0) is 17.6 Å². The summed E-state index contributed by atoms with van der Waals surface area (Å²) >= 11 is 0. The van der Waals surface area contributed by atoms with Crippen LogP contribution in [-0.4, -0.2) is 34.2 Å². The molecule has 1 unspecified atom stereocenters. The fourth-order valence-electron chi connectivity index (χ4n) is 1.89. The Morgan fingerprint density at radius 1 is 1.47 bits per heavy atom. The van der Waals surface area contributed by atoms with Crippen molar-refractivity contribution in [2.75, 3.05) is 12.4 Å². The summed E-state index contributed by atoms with van der Waals surface area (Å²) in [6.45, 7) is 1.55. The van der Waals surface area contributed by atoms with Crippen molar-refractivity contribution in [2.24, 2.45) is 0 Å². The number of nitrogens with zero attached hydrogens (tertiary/aromatic N) is 2. The largest absolute Gasteiger partial charge is 0.481 e. The Labute approximate surface area is 99.0 Å². The number of anilines is 1. The van der Waals surface area contributed by atoms with E-state index in [0.717, 1.165) is 30.5 Å². The summed E-state index contributed by atoms with van der Waals surface area (Å²) in [5.74, 6) is -0.0712. The van der Waals surface area contributed by atoms with E-state index in [1.807, 2.05) is 0 Å². The smallest absolute Gasteiger partial charge is 0.325 e. The number of aromatic nitrogens is 2. The SMILES string of the molecule is COc1nc(NC(C)C(=O)O)nc2c1CCC2. The van der Waals surface area contributed by atoms with E-state index in [9.17, 15) is 4.79 Å². The third kappa shape index (κ3) is 2.30. The summed E-state index contributed by atoms with van der Waals surface area (Å²) < 4.78 is 5.20. The molecule has 0 aliphatic heterocycles. The molecule has 17 heavy (non-hydrogen) atoms. The minimum absolute atomic E-state index is 0.317. The Morgan fingerprint density at radius 2 is 2.24 bits per heavy atom. The average molecular weight is 237 g/mol. The molecule has 2 N–H and O–H groups in total. The van der Waals surface area contributed by atoms with E-state index in [1.165, 1.54) is 0 Å². The molecule has 0 aromatic carbocycles. The molecule has 1 aromatic heterocycles. The van der Waals surface area contributed by atoms with Gasteiger partial charge in [-0.1, -0.05) is 0 Å². The van der Waals surface area contributed by atoms with Crippen molar-refractivity contribution in [1.29, 1.82) is 0 Å². The molecule has 1 heterocycles. The van der Waals surface area contributed by atoms with E-state index in [0.29, 0.717) is 11.8 Å². The maximum Gasteiger partial charge on any atom is 0.325 e. The van der Waals surface area contributed by atoms with E-state index >= 15 is 0 Å². The molecule has 92 valence electrons. The molecule has 0 fully saturated rings. The maximum absolute atomic E-state index is 10.7. The van der Waals surface area contributed by atoms with Crippen molar-refractivity contribution in [1.82, 2.24) is 9.97 Å². The average Bonchev–Trinajstić information content (AvgIpc) is 2.75. The second-order valence-corrected chi connectivity index (χ2v) is 4.04. The monoisotopic (exact) mass is 237 g/mol. The lowest BCUT2D eigenvalue weighted by molar-refractivity contribution is -0.137. The summed E-state index contributed by atoms with van der Waals surface area (Å²) in [7, 11) is 1.56. The zero-order valence-electron chi connectivity index (χ0n) is 9.86. The van der Waals surface area contributed by atoms with Gasteiger partial charge in [-0.2, -0.15) is 4.98 Å². The fourth-order valence-corrected chi connectivity index (χ4v) is 1.89. The lowest BCUT2D eigenvalue weighted by Crippen LogP contribution is -2.26. The Morgan fingerprint density at radius 3 is 2.88 bits per heavy atom. The molecule has 1 aliphatic rings. The molecule has 1 aromatic rings. The quantitative estimate of drug-likeness (QED) is 0.808. The summed E-state index contributed by atoms with van der Waals surface area (Å²) in [5.41, 5.74) is 2.00. The van der Waals surface area contributed by atoms with Crippen LogP contribution >= 0.6 is 0 Å². The lowest BCUT2D eigenvalue weighted by Gasteiger charge is -2.12. The van der Waals surface area contributed by atoms with Gasteiger partial charge in [0.25, 0.3) is 0 Å². The Bertz CT molecular complexity index is 448. The van der Waals surface area contributed by atoms with Crippen molar-refractivity contribution in [2.45, 2.75) is 32.2 Å². The molecule has 6 nitrogen and oxygen atoms in total. The van der Waals surface area contributed by atoms with Crippen LogP contribution in [0.15, 0.2) is 0 Å². The molecule has 1 aliphatic carbocycles. The fraction of sp³-hybridized carbons (Fsp3) is 0.545. The van der Waals surface area contributed by atoms with Crippen LogP contribution in [0.3, 0.4) is 0 Å². The molecule has 0 radical (unpaired) electrons. The normalized spacial score (nSPS) is 15.2. The number of hydrogen-bond donors (Lipinski definition) is 2. The topological polar surface area (TPSA) is 84.3 Å². The number of fused-ring (bicyclic) bond motifs is 1. The molecule has 6 heteroatoms. The molecular weight excluding hydrogens is 222 g/mol. The van der Waals surface area contributed by atoms with E-state index in [2.05, 4.69) is 15.3 Å². The zero-order valence-corrected chi connectivity index (χ0v) is 9.86. The van der Waals surface area contributed by atoms with Gasteiger partial charge in [-0.15, -0.1) is 0 Å². The van der Waals surface area contributed by atoms with Gasteiger partial charge in [0.15, 0.2) is 0 Å². The molecule has 0 saturated heterocycles. The van der Waals surface area contributed by atoms with Gasteiger partial charge in [0.2, 0.25) is 11.8 Å². The van der Waals surface area contributed by atoms with Gasteiger partial charge in [-0.05, 0) is 26.2 Å². The second-order valence-electron chi connectivity index (χ2n) is 4.04. The first-order valence-corrected chi connectivity index (χ1v) is 5.55. The van der Waals surface area contributed by atoms with Crippen LogP contribution in [0.4, 0.5) is 5.95 Å². The predicted molar refractivity (Wildman–Crippen MR) is 61.3 cm³/mol. The first-order chi connectivity index (χ1) is 8.11. The number of carboxylic acid groups (broad SMARTS) is 1. The highest BCUT2D eigenvalue weighted by Crippen LogP contribution is 2.28. The molecule has 1 atom stereocenters. The van der Waals surface area contributed by atoms with Crippen molar-refractivity contribution in [3.8, 4) is 5.88 Å². The standard InChI is InChI=1S/C11H15N3O3/c1-6(10(15)16)12-11-13-8-5-3-4-7(8)9(14-11)17-2/h6H,3-5H2,1-2H3,(H,15,16)(H,12,13,14). The van der Waals surface area contributed by atoms with Crippen molar-refractivity contribution in [3.63, 3.8) is 0 Å². The third-order valence-electron chi connectivity index (χ3n) is 2.80. The minimum Gasteiger partial charge on any atom is -0.481 e.